The number of anilines is 1. The maximum Gasteiger partial charge on any atom is 0.241 e. The molecule has 0 bridgehead atoms. The molecule has 17 heavy (non-hydrogen) atoms. The van der Waals surface area contributed by atoms with E-state index in [1.807, 2.05) is 20.8 Å². The quantitative estimate of drug-likeness (QED) is 0.831. The predicted octanol–water partition coefficient (Wildman–Crippen LogP) is 2.45. The number of rotatable bonds is 2. The van der Waals surface area contributed by atoms with Crippen molar-refractivity contribution in [1.82, 2.24) is 0 Å². The first kappa shape index (κ1) is 13.6. The van der Waals surface area contributed by atoms with Gasteiger partial charge in [-0.1, -0.05) is 26.8 Å². The third-order valence-electron chi connectivity index (χ3n) is 2.74. The summed E-state index contributed by atoms with van der Waals surface area (Å²) in [7, 11) is 0. The third kappa shape index (κ3) is 3.27. The van der Waals surface area contributed by atoms with Crippen molar-refractivity contribution in [3.8, 4) is 0 Å². The molecule has 0 saturated carbocycles. The smallest absolute Gasteiger partial charge is 0.241 e. The van der Waals surface area contributed by atoms with Crippen LogP contribution < -0.4 is 11.1 Å². The van der Waals surface area contributed by atoms with E-state index < -0.39 is 6.04 Å². The van der Waals surface area contributed by atoms with Crippen LogP contribution in [0.2, 0.25) is 0 Å². The highest BCUT2D eigenvalue weighted by atomic mass is 19.1. The summed E-state index contributed by atoms with van der Waals surface area (Å²) in [4.78, 5) is 11.9. The first-order valence-corrected chi connectivity index (χ1v) is 5.55. The van der Waals surface area contributed by atoms with Gasteiger partial charge in [-0.3, -0.25) is 4.79 Å². The first-order valence-electron chi connectivity index (χ1n) is 5.55. The molecule has 0 saturated heterocycles. The Bertz CT molecular complexity index is 424. The Balaban J connectivity index is 2.86. The Labute approximate surface area is 101 Å². The molecular weight excluding hydrogens is 219 g/mol. The maximum absolute atomic E-state index is 13.3. The van der Waals surface area contributed by atoms with Crippen LogP contribution in [0.4, 0.5) is 10.1 Å². The second-order valence-electron chi connectivity index (χ2n) is 5.25. The Hall–Kier alpha value is -1.42. The summed E-state index contributed by atoms with van der Waals surface area (Å²) in [5.74, 6) is -0.640. The molecule has 0 fully saturated rings. The van der Waals surface area contributed by atoms with Crippen molar-refractivity contribution < 1.29 is 9.18 Å². The van der Waals surface area contributed by atoms with Crippen LogP contribution in [0.25, 0.3) is 0 Å². The third-order valence-corrected chi connectivity index (χ3v) is 2.74. The van der Waals surface area contributed by atoms with E-state index in [2.05, 4.69) is 5.32 Å². The van der Waals surface area contributed by atoms with E-state index in [4.69, 9.17) is 5.73 Å². The highest BCUT2D eigenvalue weighted by Gasteiger charge is 2.27. The van der Waals surface area contributed by atoms with E-state index in [0.29, 0.717) is 11.3 Å². The van der Waals surface area contributed by atoms with Crippen molar-refractivity contribution in [1.29, 1.82) is 0 Å². The molecule has 0 radical (unpaired) electrons. The summed E-state index contributed by atoms with van der Waals surface area (Å²) in [6.45, 7) is 7.27. The normalized spacial score (nSPS) is 13.3. The standard InChI is InChI=1S/C13H19FN2O/c1-8-9(14)6-5-7-10(8)16-12(17)11(15)13(2,3)4/h5-7,11H,15H2,1-4H3,(H,16,17)/t11-/m1/s1. The summed E-state index contributed by atoms with van der Waals surface area (Å²) in [6, 6.07) is 3.94. The summed E-state index contributed by atoms with van der Waals surface area (Å²) >= 11 is 0. The molecule has 0 spiro atoms. The monoisotopic (exact) mass is 238 g/mol. The summed E-state index contributed by atoms with van der Waals surface area (Å²) in [6.07, 6.45) is 0. The molecule has 3 nitrogen and oxygen atoms in total. The molecule has 1 rings (SSSR count). The van der Waals surface area contributed by atoms with Crippen molar-refractivity contribution >= 4 is 11.6 Å². The zero-order chi connectivity index (χ0) is 13.2. The number of hydrogen-bond donors (Lipinski definition) is 2. The largest absolute Gasteiger partial charge is 0.324 e. The lowest BCUT2D eigenvalue weighted by Gasteiger charge is -2.26. The fourth-order valence-corrected chi connectivity index (χ4v) is 1.35. The van der Waals surface area contributed by atoms with Crippen molar-refractivity contribution in [2.24, 2.45) is 11.1 Å². The fourth-order valence-electron chi connectivity index (χ4n) is 1.35. The molecule has 0 aliphatic carbocycles. The molecule has 0 unspecified atom stereocenters. The molecule has 0 aliphatic heterocycles. The summed E-state index contributed by atoms with van der Waals surface area (Å²) in [5, 5.41) is 2.65. The van der Waals surface area contributed by atoms with Gasteiger partial charge in [-0.2, -0.15) is 0 Å². The maximum atomic E-state index is 13.3. The van der Waals surface area contributed by atoms with E-state index in [1.54, 1.807) is 19.1 Å². The zero-order valence-corrected chi connectivity index (χ0v) is 10.7. The Kier molecular flexibility index (Phi) is 3.88. The topological polar surface area (TPSA) is 55.1 Å². The average molecular weight is 238 g/mol. The van der Waals surface area contributed by atoms with Gasteiger partial charge >= 0.3 is 0 Å². The highest BCUT2D eigenvalue weighted by molar-refractivity contribution is 5.95. The van der Waals surface area contributed by atoms with E-state index >= 15 is 0 Å². The van der Waals surface area contributed by atoms with Gasteiger partial charge in [0.1, 0.15) is 5.82 Å². The van der Waals surface area contributed by atoms with Crippen LogP contribution in [-0.2, 0) is 4.79 Å². The highest BCUT2D eigenvalue weighted by Crippen LogP contribution is 2.21. The molecular formula is C13H19FN2O. The Morgan fingerprint density at radius 3 is 2.53 bits per heavy atom. The van der Waals surface area contributed by atoms with E-state index in [9.17, 15) is 9.18 Å². The van der Waals surface area contributed by atoms with Crippen molar-refractivity contribution in [3.63, 3.8) is 0 Å². The minimum Gasteiger partial charge on any atom is -0.324 e. The van der Waals surface area contributed by atoms with Crippen LogP contribution >= 0.6 is 0 Å². The van der Waals surface area contributed by atoms with Gasteiger partial charge in [0, 0.05) is 11.3 Å². The molecule has 0 heterocycles. The number of nitrogens with one attached hydrogen (secondary N) is 1. The Morgan fingerprint density at radius 2 is 2.00 bits per heavy atom. The van der Waals surface area contributed by atoms with E-state index in [0.717, 1.165) is 0 Å². The van der Waals surface area contributed by atoms with Gasteiger partial charge in [-0.25, -0.2) is 4.39 Å². The molecule has 0 aromatic heterocycles. The van der Waals surface area contributed by atoms with Crippen LogP contribution in [0.15, 0.2) is 18.2 Å². The lowest BCUT2D eigenvalue weighted by Crippen LogP contribution is -2.45. The second kappa shape index (κ2) is 4.84. The first-order chi connectivity index (χ1) is 7.73. The van der Waals surface area contributed by atoms with Crippen LogP contribution in [0.1, 0.15) is 26.3 Å². The number of amides is 1. The van der Waals surface area contributed by atoms with Crippen LogP contribution in [0.5, 0.6) is 0 Å². The molecule has 1 atom stereocenters. The second-order valence-corrected chi connectivity index (χ2v) is 5.25. The number of carbonyl (C=O) groups excluding carboxylic acids is 1. The van der Waals surface area contributed by atoms with Gasteiger partial charge in [0.15, 0.2) is 0 Å². The van der Waals surface area contributed by atoms with Gasteiger partial charge in [0.2, 0.25) is 5.91 Å². The van der Waals surface area contributed by atoms with Gasteiger partial charge in [0.05, 0.1) is 6.04 Å². The van der Waals surface area contributed by atoms with Gasteiger partial charge in [-0.05, 0) is 24.5 Å². The van der Waals surface area contributed by atoms with Crippen LogP contribution in [-0.4, -0.2) is 11.9 Å². The lowest BCUT2D eigenvalue weighted by molar-refractivity contribution is -0.119. The predicted molar refractivity (Wildman–Crippen MR) is 67.2 cm³/mol. The Morgan fingerprint density at radius 1 is 1.41 bits per heavy atom. The molecule has 1 aromatic carbocycles. The average Bonchev–Trinajstić information content (AvgIpc) is 2.22. The van der Waals surface area contributed by atoms with Crippen molar-refractivity contribution in [2.45, 2.75) is 33.7 Å². The van der Waals surface area contributed by atoms with Crippen molar-refractivity contribution in [2.75, 3.05) is 5.32 Å². The van der Waals surface area contributed by atoms with E-state index in [1.165, 1.54) is 6.07 Å². The minimum atomic E-state index is -0.634. The molecule has 1 aromatic rings. The van der Waals surface area contributed by atoms with Crippen molar-refractivity contribution in [3.05, 3.63) is 29.6 Å². The number of carbonyl (C=O) groups is 1. The van der Waals surface area contributed by atoms with Crippen LogP contribution in [0.3, 0.4) is 0 Å². The summed E-state index contributed by atoms with van der Waals surface area (Å²) in [5.41, 5.74) is 6.38. The van der Waals surface area contributed by atoms with Gasteiger partial charge in [-0.15, -0.1) is 0 Å². The molecule has 0 aliphatic rings. The molecule has 1 amide bonds. The van der Waals surface area contributed by atoms with Gasteiger partial charge in [0.25, 0.3) is 0 Å². The zero-order valence-electron chi connectivity index (χ0n) is 10.7. The number of benzene rings is 1. The number of halogens is 1. The molecule has 94 valence electrons. The fraction of sp³-hybridized carbons (Fsp3) is 0.462. The SMILES string of the molecule is Cc1c(F)cccc1NC(=O)[C@@H](N)C(C)(C)C. The minimum absolute atomic E-state index is 0.300. The van der Waals surface area contributed by atoms with Crippen LogP contribution in [0, 0.1) is 18.2 Å². The van der Waals surface area contributed by atoms with E-state index in [-0.39, 0.29) is 17.1 Å². The molecule has 4 heteroatoms. The lowest BCUT2D eigenvalue weighted by atomic mass is 9.87. The number of nitrogens with two attached hydrogens (primary N) is 1. The summed E-state index contributed by atoms with van der Waals surface area (Å²) < 4.78 is 13.3. The van der Waals surface area contributed by atoms with Gasteiger partial charge < -0.3 is 11.1 Å². The molecule has 3 N–H and O–H groups in total. The number of hydrogen-bond acceptors (Lipinski definition) is 2.